The van der Waals surface area contributed by atoms with Crippen LogP contribution in [-0.4, -0.2) is 44.7 Å². The second-order valence-corrected chi connectivity index (χ2v) is 10.4. The van der Waals surface area contributed by atoms with E-state index in [9.17, 15) is 13.2 Å². The molecule has 0 aliphatic carbocycles. The van der Waals surface area contributed by atoms with Crippen molar-refractivity contribution in [2.45, 2.75) is 38.0 Å². The van der Waals surface area contributed by atoms with Crippen molar-refractivity contribution in [3.63, 3.8) is 0 Å². The monoisotopic (exact) mass is 514 g/mol. The zero-order valence-electron chi connectivity index (χ0n) is 20.2. The van der Waals surface area contributed by atoms with Crippen LogP contribution >= 0.6 is 11.8 Å². The lowest BCUT2D eigenvalue weighted by Crippen LogP contribution is -2.29. The third-order valence-electron chi connectivity index (χ3n) is 5.27. The number of benzene rings is 2. The SMILES string of the molecule is C=CCN1C(=O)C(=Cc2ccc(OCCCC)c(OC)c2)SC1=NS(=O)(=O)c1ccc(CC)cc1. The first kappa shape index (κ1) is 26.6. The Labute approximate surface area is 211 Å². The van der Waals surface area contributed by atoms with Gasteiger partial charge in [0.1, 0.15) is 0 Å². The first-order chi connectivity index (χ1) is 16.8. The number of amides is 1. The Bertz CT molecular complexity index is 1230. The number of rotatable bonds is 11. The van der Waals surface area contributed by atoms with Gasteiger partial charge in [0.2, 0.25) is 0 Å². The summed E-state index contributed by atoms with van der Waals surface area (Å²) in [4.78, 5) is 14.8. The molecule has 9 heteroatoms. The summed E-state index contributed by atoms with van der Waals surface area (Å²) in [6, 6.07) is 12.0. The van der Waals surface area contributed by atoms with Crippen molar-refractivity contribution >= 4 is 38.9 Å². The summed E-state index contributed by atoms with van der Waals surface area (Å²) in [7, 11) is -2.43. The molecule has 7 nitrogen and oxygen atoms in total. The maximum Gasteiger partial charge on any atom is 0.284 e. The van der Waals surface area contributed by atoms with Gasteiger partial charge < -0.3 is 9.47 Å². The quantitative estimate of drug-likeness (QED) is 0.230. The average molecular weight is 515 g/mol. The second kappa shape index (κ2) is 12.1. The second-order valence-electron chi connectivity index (χ2n) is 7.77. The van der Waals surface area contributed by atoms with Crippen LogP contribution in [0.15, 0.2) is 69.3 Å². The summed E-state index contributed by atoms with van der Waals surface area (Å²) in [5, 5.41) is 0.0900. The van der Waals surface area contributed by atoms with E-state index in [4.69, 9.17) is 9.47 Å². The number of sulfonamides is 1. The van der Waals surface area contributed by atoms with E-state index in [0.717, 1.165) is 42.2 Å². The minimum Gasteiger partial charge on any atom is -0.493 e. The molecule has 0 saturated carbocycles. The summed E-state index contributed by atoms with van der Waals surface area (Å²) in [6.45, 7) is 8.50. The van der Waals surface area contributed by atoms with Gasteiger partial charge >= 0.3 is 0 Å². The Morgan fingerprint density at radius 2 is 1.86 bits per heavy atom. The average Bonchev–Trinajstić information content (AvgIpc) is 3.13. The molecule has 0 bridgehead atoms. The van der Waals surface area contributed by atoms with Gasteiger partial charge in [0, 0.05) is 6.54 Å². The highest BCUT2D eigenvalue weighted by molar-refractivity contribution is 8.19. The van der Waals surface area contributed by atoms with Crippen LogP contribution in [0.4, 0.5) is 0 Å². The van der Waals surface area contributed by atoms with Crippen molar-refractivity contribution in [2.75, 3.05) is 20.3 Å². The van der Waals surface area contributed by atoms with E-state index >= 15 is 0 Å². The Morgan fingerprint density at radius 1 is 1.11 bits per heavy atom. The molecule has 2 aromatic carbocycles. The number of carbonyl (C=O) groups is 1. The molecular formula is C26H30N2O5S2. The van der Waals surface area contributed by atoms with Crippen LogP contribution in [0.2, 0.25) is 0 Å². The standard InChI is InChI=1S/C26H30N2O5S2/c1-5-8-16-33-22-14-11-20(17-23(22)32-4)18-24-25(29)28(15-6-2)26(34-24)27-35(30,31)21-12-9-19(7-3)10-13-21/h6,9-14,17-18H,2,5,7-8,15-16H2,1,3-4H3. The fourth-order valence-electron chi connectivity index (χ4n) is 3.29. The van der Waals surface area contributed by atoms with Crippen molar-refractivity contribution in [2.24, 2.45) is 4.40 Å². The van der Waals surface area contributed by atoms with Gasteiger partial charge in [0.05, 0.1) is 23.5 Å². The first-order valence-corrected chi connectivity index (χ1v) is 13.7. The van der Waals surface area contributed by atoms with E-state index in [-0.39, 0.29) is 22.5 Å². The minimum absolute atomic E-state index is 0.0784. The molecule has 35 heavy (non-hydrogen) atoms. The van der Waals surface area contributed by atoms with E-state index in [1.165, 1.54) is 23.1 Å². The fraction of sp³-hybridized carbons (Fsp3) is 0.308. The lowest BCUT2D eigenvalue weighted by Gasteiger charge is -2.12. The Balaban J connectivity index is 1.91. The number of amidine groups is 1. The number of hydrogen-bond donors (Lipinski definition) is 0. The molecule has 0 spiro atoms. The molecule has 0 radical (unpaired) electrons. The van der Waals surface area contributed by atoms with Crippen molar-refractivity contribution in [1.82, 2.24) is 4.90 Å². The summed E-state index contributed by atoms with van der Waals surface area (Å²) >= 11 is 1.01. The molecule has 0 N–H and O–H groups in total. The van der Waals surface area contributed by atoms with E-state index in [2.05, 4.69) is 17.9 Å². The number of carbonyl (C=O) groups excluding carboxylic acids is 1. The predicted octanol–water partition coefficient (Wildman–Crippen LogP) is 5.28. The van der Waals surface area contributed by atoms with Crippen LogP contribution in [0.5, 0.6) is 11.5 Å². The number of hydrogen-bond acceptors (Lipinski definition) is 6. The van der Waals surface area contributed by atoms with Gasteiger partial charge in [-0.15, -0.1) is 11.0 Å². The van der Waals surface area contributed by atoms with E-state index < -0.39 is 10.0 Å². The summed E-state index contributed by atoms with van der Waals surface area (Å²) in [5.41, 5.74) is 1.75. The Morgan fingerprint density at radius 3 is 2.49 bits per heavy atom. The number of thioether (sulfide) groups is 1. The van der Waals surface area contributed by atoms with Crippen molar-refractivity contribution in [3.8, 4) is 11.5 Å². The van der Waals surface area contributed by atoms with Crippen LogP contribution in [0.25, 0.3) is 6.08 Å². The van der Waals surface area contributed by atoms with Gasteiger partial charge in [0.25, 0.3) is 15.9 Å². The van der Waals surface area contributed by atoms with Crippen LogP contribution in [0, 0.1) is 0 Å². The predicted molar refractivity (Wildman–Crippen MR) is 141 cm³/mol. The van der Waals surface area contributed by atoms with Crippen molar-refractivity contribution in [3.05, 3.63) is 71.2 Å². The van der Waals surface area contributed by atoms with Crippen LogP contribution in [-0.2, 0) is 21.2 Å². The molecule has 3 rings (SSSR count). The molecule has 1 aliphatic heterocycles. The Kier molecular flexibility index (Phi) is 9.17. The molecule has 1 saturated heterocycles. The van der Waals surface area contributed by atoms with Crippen LogP contribution in [0.3, 0.4) is 0 Å². The van der Waals surface area contributed by atoms with E-state index in [1.807, 2.05) is 13.0 Å². The molecule has 0 aromatic heterocycles. The smallest absolute Gasteiger partial charge is 0.284 e. The normalized spacial score (nSPS) is 16.2. The number of unbranched alkanes of at least 4 members (excludes halogenated alkanes) is 1. The highest BCUT2D eigenvalue weighted by atomic mass is 32.2. The molecule has 1 aliphatic rings. The molecular weight excluding hydrogens is 484 g/mol. The molecule has 1 heterocycles. The zero-order valence-corrected chi connectivity index (χ0v) is 21.8. The van der Waals surface area contributed by atoms with Gasteiger partial charge in [-0.05, 0) is 66.1 Å². The fourth-order valence-corrected chi connectivity index (χ4v) is 5.48. The summed E-state index contributed by atoms with van der Waals surface area (Å²) in [6.07, 6.45) is 5.98. The number of methoxy groups -OCH3 is 1. The van der Waals surface area contributed by atoms with Crippen LogP contribution < -0.4 is 9.47 Å². The molecule has 1 amide bonds. The molecule has 1 fully saturated rings. The topological polar surface area (TPSA) is 85.3 Å². The van der Waals surface area contributed by atoms with Crippen LogP contribution in [0.1, 0.15) is 37.8 Å². The van der Waals surface area contributed by atoms with E-state index in [0.29, 0.717) is 23.0 Å². The van der Waals surface area contributed by atoms with Gasteiger partial charge in [-0.25, -0.2) is 0 Å². The summed E-state index contributed by atoms with van der Waals surface area (Å²) < 4.78 is 41.1. The lowest BCUT2D eigenvalue weighted by atomic mass is 10.2. The highest BCUT2D eigenvalue weighted by Crippen LogP contribution is 2.35. The van der Waals surface area contributed by atoms with Gasteiger partial charge in [-0.3, -0.25) is 9.69 Å². The Hall–Kier alpha value is -3.04. The molecule has 0 atom stereocenters. The van der Waals surface area contributed by atoms with Crippen molar-refractivity contribution in [1.29, 1.82) is 0 Å². The van der Waals surface area contributed by atoms with Crippen molar-refractivity contribution < 1.29 is 22.7 Å². The minimum atomic E-state index is -3.99. The first-order valence-electron chi connectivity index (χ1n) is 11.4. The zero-order chi connectivity index (χ0) is 25.4. The third-order valence-corrected chi connectivity index (χ3v) is 7.67. The third kappa shape index (κ3) is 6.55. The largest absolute Gasteiger partial charge is 0.493 e. The van der Waals surface area contributed by atoms with Gasteiger partial charge in [-0.2, -0.15) is 8.42 Å². The summed E-state index contributed by atoms with van der Waals surface area (Å²) in [5.74, 6) is 0.845. The van der Waals surface area contributed by atoms with Gasteiger partial charge in [0.15, 0.2) is 16.7 Å². The molecule has 0 unspecified atom stereocenters. The van der Waals surface area contributed by atoms with Gasteiger partial charge in [-0.1, -0.05) is 44.5 Å². The van der Waals surface area contributed by atoms with E-state index in [1.54, 1.807) is 37.5 Å². The number of nitrogens with zero attached hydrogens (tertiary/aromatic N) is 2. The maximum absolute atomic E-state index is 13.1. The maximum atomic E-state index is 13.1. The molecule has 2 aromatic rings. The number of ether oxygens (including phenoxy) is 2. The lowest BCUT2D eigenvalue weighted by molar-refractivity contribution is -0.121. The number of aryl methyl sites for hydroxylation is 1. The molecule has 186 valence electrons. The highest BCUT2D eigenvalue weighted by Gasteiger charge is 2.34.